The highest BCUT2D eigenvalue weighted by Gasteiger charge is 2.32. The molecule has 4 rings (SSSR count). The Kier molecular flexibility index (Phi) is 6.93. The number of ether oxygens (including phenoxy) is 1. The SMILES string of the molecule is COc1cccc(C2CCCN2C(=O)CN2CCN(C(=O)CC3CCCC3)CC2)c1. The highest BCUT2D eigenvalue weighted by atomic mass is 16.5. The maximum Gasteiger partial charge on any atom is 0.237 e. The third kappa shape index (κ3) is 4.97. The Hall–Kier alpha value is -2.08. The number of carbonyl (C=O) groups is 2. The first-order valence-corrected chi connectivity index (χ1v) is 11.6. The second kappa shape index (κ2) is 9.82. The van der Waals surface area contributed by atoms with E-state index < -0.39 is 0 Å². The molecule has 2 aliphatic heterocycles. The van der Waals surface area contributed by atoms with Crippen LogP contribution in [0.1, 0.15) is 56.6 Å². The van der Waals surface area contributed by atoms with Crippen LogP contribution in [0.25, 0.3) is 0 Å². The quantitative estimate of drug-likeness (QED) is 0.719. The Morgan fingerprint density at radius 2 is 1.73 bits per heavy atom. The number of hydrogen-bond acceptors (Lipinski definition) is 4. The molecule has 0 N–H and O–H groups in total. The molecule has 3 aliphatic rings. The fraction of sp³-hybridized carbons (Fsp3) is 0.667. The van der Waals surface area contributed by atoms with E-state index in [0.717, 1.165) is 63.3 Å². The molecule has 2 saturated heterocycles. The van der Waals surface area contributed by atoms with E-state index in [1.54, 1.807) is 7.11 Å². The molecule has 0 aromatic heterocycles. The lowest BCUT2D eigenvalue weighted by Gasteiger charge is -2.36. The second-order valence-corrected chi connectivity index (χ2v) is 9.03. The first-order chi connectivity index (χ1) is 14.6. The molecular weight excluding hydrogens is 378 g/mol. The average Bonchev–Trinajstić information content (AvgIpc) is 3.46. The van der Waals surface area contributed by atoms with Gasteiger partial charge in [-0.15, -0.1) is 0 Å². The Labute approximate surface area is 180 Å². The lowest BCUT2D eigenvalue weighted by atomic mass is 10.0. The fourth-order valence-electron chi connectivity index (χ4n) is 5.29. The number of carbonyl (C=O) groups excluding carboxylic acids is 2. The molecule has 30 heavy (non-hydrogen) atoms. The predicted molar refractivity (Wildman–Crippen MR) is 116 cm³/mol. The van der Waals surface area contributed by atoms with Gasteiger partial charge in [0.25, 0.3) is 0 Å². The van der Waals surface area contributed by atoms with E-state index in [1.807, 2.05) is 28.0 Å². The smallest absolute Gasteiger partial charge is 0.237 e. The summed E-state index contributed by atoms with van der Waals surface area (Å²) in [6.45, 7) is 4.35. The average molecular weight is 414 g/mol. The number of piperazine rings is 1. The molecule has 1 aromatic carbocycles. The van der Waals surface area contributed by atoms with Gasteiger partial charge in [0.05, 0.1) is 19.7 Å². The molecule has 1 aromatic rings. The van der Waals surface area contributed by atoms with E-state index in [-0.39, 0.29) is 11.9 Å². The van der Waals surface area contributed by atoms with E-state index in [0.29, 0.717) is 18.4 Å². The van der Waals surface area contributed by atoms with Crippen molar-refractivity contribution in [2.75, 3.05) is 46.4 Å². The summed E-state index contributed by atoms with van der Waals surface area (Å²) in [5.41, 5.74) is 1.16. The molecule has 1 unspecified atom stereocenters. The minimum atomic E-state index is 0.141. The van der Waals surface area contributed by atoms with Crippen LogP contribution in [-0.4, -0.2) is 72.9 Å². The van der Waals surface area contributed by atoms with Crippen molar-refractivity contribution in [1.29, 1.82) is 0 Å². The number of methoxy groups -OCH3 is 1. The van der Waals surface area contributed by atoms with Gasteiger partial charge in [0.1, 0.15) is 5.75 Å². The van der Waals surface area contributed by atoms with Gasteiger partial charge >= 0.3 is 0 Å². The summed E-state index contributed by atoms with van der Waals surface area (Å²) in [4.78, 5) is 31.9. The van der Waals surface area contributed by atoms with Gasteiger partial charge in [-0.05, 0) is 49.3 Å². The highest BCUT2D eigenvalue weighted by molar-refractivity contribution is 5.79. The molecule has 2 heterocycles. The number of amides is 2. The van der Waals surface area contributed by atoms with E-state index in [1.165, 1.54) is 25.7 Å². The van der Waals surface area contributed by atoms with Crippen molar-refractivity contribution in [2.45, 2.75) is 51.0 Å². The monoisotopic (exact) mass is 413 g/mol. The summed E-state index contributed by atoms with van der Waals surface area (Å²) >= 11 is 0. The van der Waals surface area contributed by atoms with E-state index in [2.05, 4.69) is 11.0 Å². The van der Waals surface area contributed by atoms with Gasteiger partial charge in [0.15, 0.2) is 0 Å². The predicted octanol–water partition coefficient (Wildman–Crippen LogP) is 3.08. The molecular formula is C24H35N3O3. The largest absolute Gasteiger partial charge is 0.497 e. The normalized spacial score (nSPS) is 23.2. The minimum Gasteiger partial charge on any atom is -0.497 e. The molecule has 1 atom stereocenters. The number of nitrogens with zero attached hydrogens (tertiary/aromatic N) is 3. The van der Waals surface area contributed by atoms with Crippen molar-refractivity contribution >= 4 is 11.8 Å². The maximum absolute atomic E-state index is 13.1. The van der Waals surface area contributed by atoms with Crippen LogP contribution >= 0.6 is 0 Å². The molecule has 6 nitrogen and oxygen atoms in total. The Morgan fingerprint density at radius 1 is 0.967 bits per heavy atom. The van der Waals surface area contributed by atoms with Crippen LogP contribution in [-0.2, 0) is 9.59 Å². The molecule has 1 aliphatic carbocycles. The summed E-state index contributed by atoms with van der Waals surface area (Å²) in [6.07, 6.45) is 7.74. The number of hydrogen-bond donors (Lipinski definition) is 0. The lowest BCUT2D eigenvalue weighted by Crippen LogP contribution is -2.51. The van der Waals surface area contributed by atoms with Crippen LogP contribution in [0.5, 0.6) is 5.75 Å². The van der Waals surface area contributed by atoms with Gasteiger partial charge in [-0.25, -0.2) is 0 Å². The summed E-state index contributed by atoms with van der Waals surface area (Å²) in [5, 5.41) is 0. The van der Waals surface area contributed by atoms with E-state index >= 15 is 0 Å². The van der Waals surface area contributed by atoms with Crippen LogP contribution < -0.4 is 4.74 Å². The zero-order valence-corrected chi connectivity index (χ0v) is 18.2. The van der Waals surface area contributed by atoms with Crippen molar-refractivity contribution in [2.24, 2.45) is 5.92 Å². The topological polar surface area (TPSA) is 53.1 Å². The van der Waals surface area contributed by atoms with Crippen LogP contribution in [0, 0.1) is 5.92 Å². The Balaban J connectivity index is 1.27. The minimum absolute atomic E-state index is 0.141. The lowest BCUT2D eigenvalue weighted by molar-refractivity contribution is -0.136. The van der Waals surface area contributed by atoms with Crippen molar-refractivity contribution in [3.8, 4) is 5.75 Å². The molecule has 1 saturated carbocycles. The Bertz CT molecular complexity index is 739. The standard InChI is InChI=1S/C24H35N3O3/c1-30-21-9-4-8-20(17-21)22-10-5-11-27(22)24(29)18-25-12-14-26(15-13-25)23(28)16-19-6-2-3-7-19/h4,8-9,17,19,22H,2-3,5-7,10-16,18H2,1H3. The van der Waals surface area contributed by atoms with Gasteiger partial charge in [-0.2, -0.15) is 0 Å². The summed E-state index contributed by atoms with van der Waals surface area (Å²) in [5.74, 6) is 1.95. The van der Waals surface area contributed by atoms with Gasteiger partial charge < -0.3 is 14.5 Å². The molecule has 0 bridgehead atoms. The molecule has 3 fully saturated rings. The fourth-order valence-corrected chi connectivity index (χ4v) is 5.29. The van der Waals surface area contributed by atoms with Crippen LogP contribution in [0.3, 0.4) is 0 Å². The van der Waals surface area contributed by atoms with Gasteiger partial charge in [0.2, 0.25) is 11.8 Å². The second-order valence-electron chi connectivity index (χ2n) is 9.03. The maximum atomic E-state index is 13.1. The van der Waals surface area contributed by atoms with Crippen molar-refractivity contribution in [1.82, 2.24) is 14.7 Å². The van der Waals surface area contributed by atoms with Gasteiger partial charge in [-0.1, -0.05) is 25.0 Å². The van der Waals surface area contributed by atoms with Crippen LogP contribution in [0.15, 0.2) is 24.3 Å². The highest BCUT2D eigenvalue weighted by Crippen LogP contribution is 2.33. The van der Waals surface area contributed by atoms with Crippen molar-refractivity contribution in [3.63, 3.8) is 0 Å². The van der Waals surface area contributed by atoms with Gasteiger partial charge in [-0.3, -0.25) is 14.5 Å². The summed E-state index contributed by atoms with van der Waals surface area (Å²) in [7, 11) is 1.68. The zero-order chi connectivity index (χ0) is 20.9. The Morgan fingerprint density at radius 3 is 2.47 bits per heavy atom. The first-order valence-electron chi connectivity index (χ1n) is 11.6. The van der Waals surface area contributed by atoms with E-state index in [4.69, 9.17) is 4.74 Å². The zero-order valence-electron chi connectivity index (χ0n) is 18.2. The third-order valence-electron chi connectivity index (χ3n) is 7.07. The van der Waals surface area contributed by atoms with Gasteiger partial charge in [0, 0.05) is 39.1 Å². The molecule has 0 spiro atoms. The van der Waals surface area contributed by atoms with Crippen molar-refractivity contribution < 1.29 is 14.3 Å². The number of rotatable bonds is 6. The molecule has 2 amide bonds. The van der Waals surface area contributed by atoms with Crippen molar-refractivity contribution in [3.05, 3.63) is 29.8 Å². The molecule has 0 radical (unpaired) electrons. The molecule has 6 heteroatoms. The summed E-state index contributed by atoms with van der Waals surface area (Å²) < 4.78 is 5.36. The number of benzene rings is 1. The number of likely N-dealkylation sites (tertiary alicyclic amines) is 1. The third-order valence-corrected chi connectivity index (χ3v) is 7.07. The van der Waals surface area contributed by atoms with E-state index in [9.17, 15) is 9.59 Å². The van der Waals surface area contributed by atoms with Crippen LogP contribution in [0.2, 0.25) is 0 Å². The first kappa shape index (κ1) is 21.2. The molecule has 164 valence electrons. The summed E-state index contributed by atoms with van der Waals surface area (Å²) in [6, 6.07) is 8.22. The van der Waals surface area contributed by atoms with Crippen LogP contribution in [0.4, 0.5) is 0 Å².